The summed E-state index contributed by atoms with van der Waals surface area (Å²) in [4.78, 5) is 13.7. The van der Waals surface area contributed by atoms with Crippen molar-refractivity contribution in [2.24, 2.45) is 0 Å². The summed E-state index contributed by atoms with van der Waals surface area (Å²) in [5, 5.41) is 3.10. The molecule has 0 aliphatic carbocycles. The Balaban J connectivity index is 2.39. The summed E-state index contributed by atoms with van der Waals surface area (Å²) in [5.41, 5.74) is 0.241. The molecule has 0 saturated carbocycles. The minimum atomic E-state index is -0.413. The van der Waals surface area contributed by atoms with E-state index in [1.807, 2.05) is 13.1 Å². The molecular formula is C14H19FN2O. The lowest BCUT2D eigenvalue weighted by molar-refractivity contribution is -0.134. The van der Waals surface area contributed by atoms with E-state index in [-0.39, 0.29) is 11.7 Å². The van der Waals surface area contributed by atoms with Gasteiger partial charge >= 0.3 is 0 Å². The predicted molar refractivity (Wildman–Crippen MR) is 68.9 cm³/mol. The van der Waals surface area contributed by atoms with Crippen LogP contribution in [0, 0.1) is 5.82 Å². The van der Waals surface area contributed by atoms with E-state index in [1.165, 1.54) is 6.07 Å². The first-order valence-electron chi connectivity index (χ1n) is 6.23. The van der Waals surface area contributed by atoms with Crippen LogP contribution in [-0.4, -0.2) is 38.0 Å². The van der Waals surface area contributed by atoms with Crippen molar-refractivity contribution in [1.29, 1.82) is 0 Å². The predicted octanol–water partition coefficient (Wildman–Crippen LogP) is 1.54. The molecule has 1 aliphatic rings. The highest BCUT2D eigenvalue weighted by molar-refractivity contribution is 5.78. The smallest absolute Gasteiger partial charge is 0.223 e. The maximum atomic E-state index is 14.0. The molecule has 0 radical (unpaired) electrons. The summed E-state index contributed by atoms with van der Waals surface area (Å²) in [6, 6.07) is 6.78. The van der Waals surface area contributed by atoms with Crippen LogP contribution in [-0.2, 0) is 10.2 Å². The van der Waals surface area contributed by atoms with Gasteiger partial charge in [0, 0.05) is 32.0 Å². The Kier molecular flexibility index (Phi) is 3.66. The third-order valence-electron chi connectivity index (χ3n) is 3.80. The second-order valence-corrected chi connectivity index (χ2v) is 5.03. The standard InChI is InChI=1S/C14H19FN2O/c1-16-10-14(7-8-17(2)13(18)9-14)11-5-3-4-6-12(11)15/h3-6,16H,7-10H2,1-2H3. The van der Waals surface area contributed by atoms with Crippen molar-refractivity contribution in [2.45, 2.75) is 18.3 Å². The molecule has 0 spiro atoms. The fraction of sp³-hybridized carbons (Fsp3) is 0.500. The van der Waals surface area contributed by atoms with E-state index in [1.54, 1.807) is 24.1 Å². The molecule has 4 heteroatoms. The molecule has 98 valence electrons. The van der Waals surface area contributed by atoms with Gasteiger partial charge in [0.05, 0.1) is 0 Å². The van der Waals surface area contributed by atoms with Gasteiger partial charge in [0.1, 0.15) is 5.82 Å². The largest absolute Gasteiger partial charge is 0.346 e. The van der Waals surface area contributed by atoms with E-state index in [0.717, 1.165) is 6.42 Å². The number of benzene rings is 1. The van der Waals surface area contributed by atoms with Crippen molar-refractivity contribution in [2.75, 3.05) is 27.2 Å². The number of halogens is 1. The minimum absolute atomic E-state index is 0.0831. The van der Waals surface area contributed by atoms with E-state index in [4.69, 9.17) is 0 Å². The summed E-state index contributed by atoms with van der Waals surface area (Å²) in [6.45, 7) is 1.29. The van der Waals surface area contributed by atoms with Crippen LogP contribution < -0.4 is 5.32 Å². The third kappa shape index (κ3) is 2.25. The lowest BCUT2D eigenvalue weighted by atomic mass is 9.72. The Morgan fingerprint density at radius 3 is 2.78 bits per heavy atom. The van der Waals surface area contributed by atoms with Crippen molar-refractivity contribution in [3.05, 3.63) is 35.6 Å². The highest BCUT2D eigenvalue weighted by Gasteiger charge is 2.40. The zero-order chi connectivity index (χ0) is 13.2. The zero-order valence-corrected chi connectivity index (χ0v) is 10.9. The molecule has 1 aliphatic heterocycles. The molecule has 1 aromatic carbocycles. The van der Waals surface area contributed by atoms with Gasteiger partial charge in [0.15, 0.2) is 0 Å². The maximum absolute atomic E-state index is 14.0. The van der Waals surface area contributed by atoms with Crippen molar-refractivity contribution in [3.8, 4) is 0 Å². The molecular weight excluding hydrogens is 231 g/mol. The van der Waals surface area contributed by atoms with E-state index >= 15 is 0 Å². The topological polar surface area (TPSA) is 32.3 Å². The molecule has 1 unspecified atom stereocenters. The van der Waals surface area contributed by atoms with E-state index in [9.17, 15) is 9.18 Å². The molecule has 3 nitrogen and oxygen atoms in total. The second kappa shape index (κ2) is 5.06. The van der Waals surface area contributed by atoms with Crippen molar-refractivity contribution in [1.82, 2.24) is 10.2 Å². The van der Waals surface area contributed by atoms with Crippen LogP contribution in [0.15, 0.2) is 24.3 Å². The molecule has 1 saturated heterocycles. The van der Waals surface area contributed by atoms with Gasteiger partial charge in [0.25, 0.3) is 0 Å². The first-order chi connectivity index (χ1) is 8.59. The van der Waals surface area contributed by atoms with Crippen LogP contribution in [0.5, 0.6) is 0 Å². The number of hydrogen-bond donors (Lipinski definition) is 1. The Bertz CT molecular complexity index is 449. The van der Waals surface area contributed by atoms with Crippen molar-refractivity contribution < 1.29 is 9.18 Å². The van der Waals surface area contributed by atoms with Crippen LogP contribution in [0.2, 0.25) is 0 Å². The molecule has 1 amide bonds. The quantitative estimate of drug-likeness (QED) is 0.882. The summed E-state index contributed by atoms with van der Waals surface area (Å²) in [7, 11) is 3.64. The number of hydrogen-bond acceptors (Lipinski definition) is 2. The second-order valence-electron chi connectivity index (χ2n) is 5.03. The van der Waals surface area contributed by atoms with Crippen molar-refractivity contribution >= 4 is 5.91 Å². The lowest BCUT2D eigenvalue weighted by Gasteiger charge is -2.40. The molecule has 0 bridgehead atoms. The van der Waals surface area contributed by atoms with Crippen LogP contribution in [0.1, 0.15) is 18.4 Å². The molecule has 1 atom stereocenters. The van der Waals surface area contributed by atoms with E-state index in [0.29, 0.717) is 25.1 Å². The highest BCUT2D eigenvalue weighted by Crippen LogP contribution is 2.36. The molecule has 2 rings (SSSR count). The molecule has 0 aromatic heterocycles. The first-order valence-corrected chi connectivity index (χ1v) is 6.23. The summed E-state index contributed by atoms with van der Waals surface area (Å²) in [6.07, 6.45) is 1.16. The van der Waals surface area contributed by atoms with Gasteiger partial charge in [-0.15, -0.1) is 0 Å². The number of likely N-dealkylation sites (tertiary alicyclic amines) is 1. The van der Waals surface area contributed by atoms with Crippen LogP contribution in [0.25, 0.3) is 0 Å². The summed E-state index contributed by atoms with van der Waals surface area (Å²) >= 11 is 0. The van der Waals surface area contributed by atoms with Gasteiger partial charge in [-0.25, -0.2) is 4.39 Å². The number of piperidine rings is 1. The lowest BCUT2D eigenvalue weighted by Crippen LogP contribution is -2.49. The number of carbonyl (C=O) groups excluding carboxylic acids is 1. The third-order valence-corrected chi connectivity index (χ3v) is 3.80. The molecule has 1 N–H and O–H groups in total. The number of nitrogens with zero attached hydrogens (tertiary/aromatic N) is 1. The monoisotopic (exact) mass is 250 g/mol. The summed E-state index contributed by atoms with van der Waals surface area (Å²) < 4.78 is 14.0. The van der Waals surface area contributed by atoms with E-state index in [2.05, 4.69) is 5.32 Å². The van der Waals surface area contributed by atoms with Crippen LogP contribution >= 0.6 is 0 Å². The van der Waals surface area contributed by atoms with Crippen molar-refractivity contribution in [3.63, 3.8) is 0 Å². The number of carbonyl (C=O) groups is 1. The Labute approximate surface area is 107 Å². The average Bonchev–Trinajstić information content (AvgIpc) is 2.35. The first kappa shape index (κ1) is 13.0. The number of nitrogens with one attached hydrogen (secondary N) is 1. The minimum Gasteiger partial charge on any atom is -0.346 e. The summed E-state index contributed by atoms with van der Waals surface area (Å²) in [5.74, 6) is -0.134. The Hall–Kier alpha value is -1.42. The van der Waals surface area contributed by atoms with Gasteiger partial charge in [0.2, 0.25) is 5.91 Å². The Morgan fingerprint density at radius 1 is 1.44 bits per heavy atom. The molecule has 1 fully saturated rings. The maximum Gasteiger partial charge on any atom is 0.223 e. The van der Waals surface area contributed by atoms with E-state index < -0.39 is 5.41 Å². The fourth-order valence-corrected chi connectivity index (χ4v) is 2.72. The van der Waals surface area contributed by atoms with Gasteiger partial charge < -0.3 is 10.2 Å². The number of amides is 1. The van der Waals surface area contributed by atoms with Gasteiger partial charge in [-0.05, 0) is 25.1 Å². The van der Waals surface area contributed by atoms with Crippen LogP contribution in [0.3, 0.4) is 0 Å². The van der Waals surface area contributed by atoms with Gasteiger partial charge in [-0.2, -0.15) is 0 Å². The Morgan fingerprint density at radius 2 is 2.17 bits per heavy atom. The van der Waals surface area contributed by atoms with Crippen LogP contribution in [0.4, 0.5) is 4.39 Å². The van der Waals surface area contributed by atoms with Gasteiger partial charge in [-0.3, -0.25) is 4.79 Å². The highest BCUT2D eigenvalue weighted by atomic mass is 19.1. The number of rotatable bonds is 3. The number of likely N-dealkylation sites (N-methyl/N-ethyl adjacent to an activating group) is 1. The van der Waals surface area contributed by atoms with Gasteiger partial charge in [-0.1, -0.05) is 18.2 Å². The average molecular weight is 250 g/mol. The molecule has 1 aromatic rings. The zero-order valence-electron chi connectivity index (χ0n) is 10.9. The normalized spacial score (nSPS) is 24.4. The molecule has 18 heavy (non-hydrogen) atoms. The SMILES string of the molecule is CNCC1(c2ccccc2F)CCN(C)C(=O)C1. The molecule has 1 heterocycles. The fourth-order valence-electron chi connectivity index (χ4n) is 2.72.